The van der Waals surface area contributed by atoms with Crippen LogP contribution < -0.4 is 10.6 Å². The van der Waals surface area contributed by atoms with Crippen LogP contribution >= 0.6 is 11.8 Å². The number of benzene rings is 1. The zero-order chi connectivity index (χ0) is 18.1. The number of carbonyl (C=O) groups excluding carboxylic acids is 2. The van der Waals surface area contributed by atoms with Gasteiger partial charge in [0.05, 0.1) is 35.7 Å². The summed E-state index contributed by atoms with van der Waals surface area (Å²) in [5.41, 5.74) is 2.28. The van der Waals surface area contributed by atoms with Crippen LogP contribution in [0.2, 0.25) is 0 Å². The van der Waals surface area contributed by atoms with Crippen molar-refractivity contribution in [3.05, 3.63) is 36.0 Å². The molecule has 1 amide bonds. The average molecular weight is 361 g/mol. The number of amides is 1. The van der Waals surface area contributed by atoms with Crippen molar-refractivity contribution in [3.63, 3.8) is 0 Å². The van der Waals surface area contributed by atoms with E-state index in [4.69, 9.17) is 4.74 Å². The number of para-hydroxylation sites is 2. The van der Waals surface area contributed by atoms with E-state index in [-0.39, 0.29) is 24.1 Å². The van der Waals surface area contributed by atoms with Gasteiger partial charge in [0, 0.05) is 12.2 Å². The van der Waals surface area contributed by atoms with Crippen molar-refractivity contribution in [2.24, 2.45) is 4.99 Å². The minimum atomic E-state index is -0.334. The Kier molecular flexibility index (Phi) is 7.53. The van der Waals surface area contributed by atoms with Crippen molar-refractivity contribution in [1.29, 1.82) is 0 Å². The van der Waals surface area contributed by atoms with Gasteiger partial charge in [-0.2, -0.15) is 0 Å². The van der Waals surface area contributed by atoms with Crippen molar-refractivity contribution in [1.82, 2.24) is 5.32 Å². The van der Waals surface area contributed by atoms with Gasteiger partial charge in [-0.25, -0.2) is 4.99 Å². The van der Waals surface area contributed by atoms with Crippen LogP contribution in [-0.4, -0.2) is 36.3 Å². The third-order valence-corrected chi connectivity index (χ3v) is 4.41. The molecule has 0 saturated heterocycles. The van der Waals surface area contributed by atoms with Crippen molar-refractivity contribution in [2.75, 3.05) is 24.7 Å². The number of nitrogens with zero attached hydrogens (tertiary/aromatic N) is 1. The highest BCUT2D eigenvalue weighted by Gasteiger charge is 2.15. The van der Waals surface area contributed by atoms with Crippen LogP contribution in [0, 0.1) is 0 Å². The number of rotatable bonds is 7. The Morgan fingerprint density at radius 1 is 1.32 bits per heavy atom. The fraction of sp³-hybridized carbons (Fsp3) is 0.389. The maximum atomic E-state index is 11.9. The van der Waals surface area contributed by atoms with Crippen molar-refractivity contribution in [3.8, 4) is 0 Å². The summed E-state index contributed by atoms with van der Waals surface area (Å²) in [5, 5.41) is 6.78. The normalized spacial score (nSPS) is 12.9. The van der Waals surface area contributed by atoms with Gasteiger partial charge in [-0.3, -0.25) is 9.59 Å². The Balaban J connectivity index is 2.09. The second-order valence-electron chi connectivity index (χ2n) is 5.51. The number of unbranched alkanes of at least 4 members (excludes halogenated alkanes) is 1. The first-order valence-corrected chi connectivity index (χ1v) is 9.22. The second-order valence-corrected chi connectivity index (χ2v) is 6.50. The molecule has 134 valence electrons. The first-order valence-electron chi connectivity index (χ1n) is 8.24. The lowest BCUT2D eigenvalue weighted by Crippen LogP contribution is -2.26. The molecule has 0 bridgehead atoms. The summed E-state index contributed by atoms with van der Waals surface area (Å²) in [6.07, 6.45) is 3.92. The molecule has 0 spiro atoms. The van der Waals surface area contributed by atoms with Gasteiger partial charge in [0.2, 0.25) is 5.91 Å². The minimum absolute atomic E-state index is 0.0189. The van der Waals surface area contributed by atoms with Gasteiger partial charge in [0.15, 0.2) is 0 Å². The van der Waals surface area contributed by atoms with Crippen LogP contribution in [0.3, 0.4) is 0 Å². The summed E-state index contributed by atoms with van der Waals surface area (Å²) in [6, 6.07) is 7.58. The van der Waals surface area contributed by atoms with Gasteiger partial charge in [-0.1, -0.05) is 37.2 Å². The summed E-state index contributed by atoms with van der Waals surface area (Å²) in [6.45, 7) is 2.77. The van der Waals surface area contributed by atoms with E-state index in [2.05, 4.69) is 22.5 Å². The van der Waals surface area contributed by atoms with E-state index in [1.165, 1.54) is 18.9 Å². The molecule has 2 N–H and O–H groups in total. The van der Waals surface area contributed by atoms with E-state index in [1.807, 2.05) is 24.3 Å². The Morgan fingerprint density at radius 3 is 2.88 bits per heavy atom. The van der Waals surface area contributed by atoms with Crippen LogP contribution in [0.15, 0.2) is 41.0 Å². The molecule has 0 saturated carbocycles. The molecular formula is C18H23N3O3S. The maximum Gasteiger partial charge on any atom is 0.311 e. The van der Waals surface area contributed by atoms with Crippen LogP contribution in [0.1, 0.15) is 26.2 Å². The molecule has 0 aliphatic carbocycles. The predicted octanol–water partition coefficient (Wildman–Crippen LogP) is 3.24. The predicted molar refractivity (Wildman–Crippen MR) is 102 cm³/mol. The molecule has 2 rings (SSSR count). The summed E-state index contributed by atoms with van der Waals surface area (Å²) in [5.74, 6) is -0.0680. The highest BCUT2D eigenvalue weighted by atomic mass is 32.2. The molecule has 7 heteroatoms. The van der Waals surface area contributed by atoms with Gasteiger partial charge < -0.3 is 15.4 Å². The van der Waals surface area contributed by atoms with E-state index < -0.39 is 0 Å². The Morgan fingerprint density at radius 2 is 2.12 bits per heavy atom. The van der Waals surface area contributed by atoms with Crippen LogP contribution in [0.5, 0.6) is 0 Å². The lowest BCUT2D eigenvalue weighted by molar-refractivity contribution is -0.139. The third kappa shape index (κ3) is 6.26. The van der Waals surface area contributed by atoms with Gasteiger partial charge in [-0.15, -0.1) is 0 Å². The van der Waals surface area contributed by atoms with Gasteiger partial charge in [-0.05, 0) is 24.6 Å². The molecular weight excluding hydrogens is 338 g/mol. The van der Waals surface area contributed by atoms with E-state index in [0.29, 0.717) is 17.3 Å². The lowest BCUT2D eigenvalue weighted by atomic mass is 10.2. The fourth-order valence-corrected chi connectivity index (χ4v) is 2.95. The number of methoxy groups -OCH3 is 1. The fourth-order valence-electron chi connectivity index (χ4n) is 2.18. The monoisotopic (exact) mass is 361 g/mol. The first kappa shape index (κ1) is 19.1. The number of nitrogens with one attached hydrogen (secondary N) is 2. The SMILES string of the molecule is CCCCNC(=O)CSC1=Nc2ccccc2NC(CC(=O)OC)=C1. The molecule has 1 aliphatic heterocycles. The smallest absolute Gasteiger partial charge is 0.311 e. The number of hydrogen-bond acceptors (Lipinski definition) is 6. The Bertz CT molecular complexity index is 686. The minimum Gasteiger partial charge on any atom is -0.469 e. The summed E-state index contributed by atoms with van der Waals surface area (Å²) >= 11 is 1.35. The van der Waals surface area contributed by atoms with Crippen LogP contribution in [0.4, 0.5) is 11.4 Å². The standard InChI is InChI=1S/C18H23N3O3S/c1-3-4-9-19-16(22)12-25-17-10-13(11-18(23)24-2)20-14-7-5-6-8-15(14)21-17/h5-8,10,20H,3-4,9,11-12H2,1-2H3,(H,19,22). The quantitative estimate of drug-likeness (QED) is 0.576. The third-order valence-electron chi connectivity index (χ3n) is 3.49. The number of thioether (sulfide) groups is 1. The van der Waals surface area contributed by atoms with Crippen molar-refractivity contribution in [2.45, 2.75) is 26.2 Å². The summed E-state index contributed by atoms with van der Waals surface area (Å²) < 4.78 is 4.74. The zero-order valence-corrected chi connectivity index (χ0v) is 15.3. The number of hydrogen-bond donors (Lipinski definition) is 2. The molecule has 0 radical (unpaired) electrons. The Labute approximate surface area is 152 Å². The van der Waals surface area contributed by atoms with Crippen molar-refractivity contribution < 1.29 is 14.3 Å². The molecule has 25 heavy (non-hydrogen) atoms. The zero-order valence-electron chi connectivity index (χ0n) is 14.5. The van der Waals surface area contributed by atoms with Gasteiger partial charge in [0.1, 0.15) is 0 Å². The summed E-state index contributed by atoms with van der Waals surface area (Å²) in [4.78, 5) is 28.1. The molecule has 1 aromatic carbocycles. The van der Waals surface area contributed by atoms with E-state index >= 15 is 0 Å². The van der Waals surface area contributed by atoms with Gasteiger partial charge in [0.25, 0.3) is 0 Å². The molecule has 1 aliphatic rings. The van der Waals surface area contributed by atoms with Crippen LogP contribution in [0.25, 0.3) is 0 Å². The average Bonchev–Trinajstić information content (AvgIpc) is 2.78. The number of fused-ring (bicyclic) bond motifs is 1. The number of anilines is 1. The molecule has 1 aromatic rings. The largest absolute Gasteiger partial charge is 0.469 e. The van der Waals surface area contributed by atoms with Crippen LogP contribution in [-0.2, 0) is 14.3 Å². The highest BCUT2D eigenvalue weighted by molar-refractivity contribution is 8.14. The van der Waals surface area contributed by atoms with Crippen molar-refractivity contribution >= 4 is 40.1 Å². The number of aliphatic imine (C=N–C) groups is 1. The molecule has 0 unspecified atom stereocenters. The highest BCUT2D eigenvalue weighted by Crippen LogP contribution is 2.30. The molecule has 0 atom stereocenters. The second kappa shape index (κ2) is 9.88. The Hall–Kier alpha value is -2.28. The lowest BCUT2D eigenvalue weighted by Gasteiger charge is -2.09. The number of esters is 1. The maximum absolute atomic E-state index is 11.9. The molecule has 0 aromatic heterocycles. The summed E-state index contributed by atoms with van der Waals surface area (Å²) in [7, 11) is 1.36. The number of ether oxygens (including phenoxy) is 1. The van der Waals surface area contributed by atoms with E-state index in [9.17, 15) is 9.59 Å². The molecule has 0 fully saturated rings. The van der Waals surface area contributed by atoms with E-state index in [1.54, 1.807) is 6.08 Å². The number of carbonyl (C=O) groups is 2. The topological polar surface area (TPSA) is 79.8 Å². The molecule has 6 nitrogen and oxygen atoms in total. The molecule has 1 heterocycles. The first-order chi connectivity index (χ1) is 12.1. The van der Waals surface area contributed by atoms with E-state index in [0.717, 1.165) is 24.2 Å². The van der Waals surface area contributed by atoms with Gasteiger partial charge >= 0.3 is 5.97 Å².